The van der Waals surface area contributed by atoms with Gasteiger partial charge < -0.3 is 0 Å². The van der Waals surface area contributed by atoms with Crippen molar-refractivity contribution < 1.29 is 4.84 Å². The monoisotopic (exact) mass is 195 g/mol. The molecule has 1 atom stereocenters. The van der Waals surface area contributed by atoms with E-state index in [1.165, 1.54) is 0 Å². The minimum absolute atomic E-state index is 0.0614. The highest BCUT2D eigenvalue weighted by atomic mass is 35.5. The third-order valence-electron chi connectivity index (χ3n) is 1.96. The van der Waals surface area contributed by atoms with Crippen molar-refractivity contribution in [1.29, 1.82) is 0 Å². The lowest BCUT2D eigenvalue weighted by Gasteiger charge is -2.08. The van der Waals surface area contributed by atoms with Crippen molar-refractivity contribution in [2.75, 3.05) is 0 Å². The van der Waals surface area contributed by atoms with Crippen LogP contribution in [0.2, 0.25) is 5.02 Å². The highest BCUT2D eigenvalue weighted by Crippen LogP contribution is 2.29. The van der Waals surface area contributed by atoms with Crippen molar-refractivity contribution in [3.05, 3.63) is 46.6 Å². The Morgan fingerprint density at radius 1 is 1.38 bits per heavy atom. The maximum Gasteiger partial charge on any atom is 0.132 e. The smallest absolute Gasteiger partial charge is 0.132 e. The van der Waals surface area contributed by atoms with E-state index in [4.69, 9.17) is 16.4 Å². The zero-order valence-electron chi connectivity index (χ0n) is 7.25. The Labute approximate surface area is 82.1 Å². The molecule has 0 spiro atoms. The second-order valence-corrected chi connectivity index (χ2v) is 3.42. The molecule has 0 unspecified atom stereocenters. The van der Waals surface area contributed by atoms with Gasteiger partial charge in [-0.1, -0.05) is 29.8 Å². The lowest BCUT2D eigenvalue weighted by atomic mass is 10.1. The molecule has 13 heavy (non-hydrogen) atoms. The average Bonchev–Trinajstić information content (AvgIpc) is 2.53. The third-order valence-corrected chi connectivity index (χ3v) is 2.30. The van der Waals surface area contributed by atoms with Crippen LogP contribution in [-0.4, -0.2) is 0 Å². The lowest BCUT2D eigenvalue weighted by molar-refractivity contribution is 0.0422. The van der Waals surface area contributed by atoms with Crippen LogP contribution in [0, 0.1) is 0 Å². The summed E-state index contributed by atoms with van der Waals surface area (Å²) in [5.74, 6) is 0. The zero-order valence-corrected chi connectivity index (χ0v) is 8.01. The minimum atomic E-state index is -0.0614. The van der Waals surface area contributed by atoms with Crippen molar-refractivity contribution in [1.82, 2.24) is 5.48 Å². The van der Waals surface area contributed by atoms with Crippen molar-refractivity contribution in [3.8, 4) is 0 Å². The first-order valence-electron chi connectivity index (χ1n) is 4.12. The summed E-state index contributed by atoms with van der Waals surface area (Å²) in [6, 6.07) is 7.68. The Bertz CT molecular complexity index is 349. The SMILES string of the molecule is CC1=C[C@H](c2ccccc2Cl)ON1. The first-order valence-corrected chi connectivity index (χ1v) is 4.49. The summed E-state index contributed by atoms with van der Waals surface area (Å²) in [4.78, 5) is 5.31. The summed E-state index contributed by atoms with van der Waals surface area (Å²) >= 11 is 6.01. The molecule has 3 heteroatoms. The molecule has 0 aromatic heterocycles. The number of hydroxylamine groups is 1. The molecule has 0 saturated heterocycles. The summed E-state index contributed by atoms with van der Waals surface area (Å²) in [5, 5.41) is 0.736. The van der Waals surface area contributed by atoms with E-state index < -0.39 is 0 Å². The van der Waals surface area contributed by atoms with Gasteiger partial charge in [-0.15, -0.1) is 0 Å². The van der Waals surface area contributed by atoms with Gasteiger partial charge in [0, 0.05) is 16.3 Å². The van der Waals surface area contributed by atoms with E-state index in [0.29, 0.717) is 0 Å². The predicted octanol–water partition coefficient (Wildman–Crippen LogP) is 2.82. The molecular weight excluding hydrogens is 186 g/mol. The third kappa shape index (κ3) is 1.69. The van der Waals surface area contributed by atoms with E-state index >= 15 is 0 Å². The van der Waals surface area contributed by atoms with Crippen LogP contribution in [0.3, 0.4) is 0 Å². The molecular formula is C10H10ClNO. The molecule has 68 valence electrons. The van der Waals surface area contributed by atoms with Gasteiger partial charge in [0.1, 0.15) is 6.10 Å². The maximum atomic E-state index is 6.01. The van der Waals surface area contributed by atoms with E-state index in [2.05, 4.69) is 5.48 Å². The van der Waals surface area contributed by atoms with Gasteiger partial charge in [0.2, 0.25) is 0 Å². The number of nitrogens with one attached hydrogen (secondary N) is 1. The molecule has 1 aliphatic rings. The first-order chi connectivity index (χ1) is 6.27. The van der Waals surface area contributed by atoms with Crippen LogP contribution >= 0.6 is 11.6 Å². The Morgan fingerprint density at radius 2 is 2.15 bits per heavy atom. The number of benzene rings is 1. The fourth-order valence-corrected chi connectivity index (χ4v) is 1.55. The molecule has 2 rings (SSSR count). The van der Waals surface area contributed by atoms with E-state index in [1.54, 1.807) is 0 Å². The number of allylic oxidation sites excluding steroid dienone is 1. The van der Waals surface area contributed by atoms with E-state index in [1.807, 2.05) is 37.3 Å². The van der Waals surface area contributed by atoms with Crippen molar-refractivity contribution in [2.24, 2.45) is 0 Å². The van der Waals surface area contributed by atoms with Gasteiger partial charge >= 0.3 is 0 Å². The molecule has 1 aliphatic heterocycles. The van der Waals surface area contributed by atoms with Crippen LogP contribution in [0.25, 0.3) is 0 Å². The second kappa shape index (κ2) is 3.40. The van der Waals surface area contributed by atoms with Crippen molar-refractivity contribution in [2.45, 2.75) is 13.0 Å². The highest BCUT2D eigenvalue weighted by molar-refractivity contribution is 6.31. The Kier molecular flexibility index (Phi) is 2.25. The van der Waals surface area contributed by atoms with Crippen LogP contribution < -0.4 is 5.48 Å². The normalized spacial score (nSPS) is 21.1. The summed E-state index contributed by atoms with van der Waals surface area (Å²) in [6.07, 6.45) is 1.94. The standard InChI is InChI=1S/C10H10ClNO/c1-7-6-10(13-12-7)8-4-2-3-5-9(8)11/h2-6,10,12H,1H3/t10-/m1/s1. The number of hydrogen-bond donors (Lipinski definition) is 1. The molecule has 1 aromatic carbocycles. The minimum Gasteiger partial charge on any atom is -0.271 e. The first kappa shape index (κ1) is 8.60. The van der Waals surface area contributed by atoms with E-state index in [0.717, 1.165) is 16.3 Å². The number of hydrogen-bond acceptors (Lipinski definition) is 2. The number of rotatable bonds is 1. The summed E-state index contributed by atoms with van der Waals surface area (Å²) in [7, 11) is 0. The quantitative estimate of drug-likeness (QED) is 0.744. The number of halogens is 1. The van der Waals surface area contributed by atoms with Crippen LogP contribution in [0.5, 0.6) is 0 Å². The largest absolute Gasteiger partial charge is 0.271 e. The fraction of sp³-hybridized carbons (Fsp3) is 0.200. The Hall–Kier alpha value is -0.990. The van der Waals surface area contributed by atoms with Crippen LogP contribution in [-0.2, 0) is 4.84 Å². The molecule has 0 radical (unpaired) electrons. The van der Waals surface area contributed by atoms with E-state index in [-0.39, 0.29) is 6.10 Å². The molecule has 0 bridgehead atoms. The summed E-state index contributed by atoms with van der Waals surface area (Å²) in [5.41, 5.74) is 4.81. The van der Waals surface area contributed by atoms with Crippen molar-refractivity contribution in [3.63, 3.8) is 0 Å². The van der Waals surface area contributed by atoms with E-state index in [9.17, 15) is 0 Å². The van der Waals surface area contributed by atoms with Gasteiger partial charge in [0.05, 0.1) is 0 Å². The highest BCUT2D eigenvalue weighted by Gasteiger charge is 2.17. The molecule has 1 heterocycles. The van der Waals surface area contributed by atoms with Crippen molar-refractivity contribution >= 4 is 11.6 Å². The van der Waals surface area contributed by atoms with Gasteiger partial charge in [-0.2, -0.15) is 0 Å². The van der Waals surface area contributed by atoms with Gasteiger partial charge in [-0.05, 0) is 19.1 Å². The predicted molar refractivity (Wildman–Crippen MR) is 52.2 cm³/mol. The maximum absolute atomic E-state index is 6.01. The lowest BCUT2D eigenvalue weighted by Crippen LogP contribution is -2.06. The van der Waals surface area contributed by atoms with Gasteiger partial charge in [-0.3, -0.25) is 10.3 Å². The Morgan fingerprint density at radius 3 is 2.77 bits per heavy atom. The summed E-state index contributed by atoms with van der Waals surface area (Å²) in [6.45, 7) is 1.96. The topological polar surface area (TPSA) is 21.3 Å². The average molecular weight is 196 g/mol. The zero-order chi connectivity index (χ0) is 9.26. The fourth-order valence-electron chi connectivity index (χ4n) is 1.31. The molecule has 1 aromatic rings. The molecule has 2 nitrogen and oxygen atoms in total. The van der Waals surface area contributed by atoms with Crippen LogP contribution in [0.4, 0.5) is 0 Å². The van der Waals surface area contributed by atoms with Crippen LogP contribution in [0.1, 0.15) is 18.6 Å². The molecule has 0 saturated carbocycles. The summed E-state index contributed by atoms with van der Waals surface area (Å²) < 4.78 is 0. The molecule has 1 N–H and O–H groups in total. The molecule has 0 fully saturated rings. The molecule has 0 aliphatic carbocycles. The molecule has 0 amide bonds. The Balaban J connectivity index is 2.31. The van der Waals surface area contributed by atoms with Gasteiger partial charge in [-0.25, -0.2) is 0 Å². The van der Waals surface area contributed by atoms with Gasteiger partial charge in [0.25, 0.3) is 0 Å². The van der Waals surface area contributed by atoms with Gasteiger partial charge in [0.15, 0.2) is 0 Å². The second-order valence-electron chi connectivity index (χ2n) is 3.01. The van der Waals surface area contributed by atoms with Crippen LogP contribution in [0.15, 0.2) is 36.0 Å².